The Morgan fingerprint density at radius 3 is 2.55 bits per heavy atom. The molecule has 20 heavy (non-hydrogen) atoms. The van der Waals surface area contributed by atoms with Gasteiger partial charge in [-0.25, -0.2) is 0 Å². The van der Waals surface area contributed by atoms with Crippen molar-refractivity contribution in [2.45, 2.75) is 58.4 Å². The van der Waals surface area contributed by atoms with Gasteiger partial charge in [-0.15, -0.1) is 0 Å². The molecule has 0 aliphatic heterocycles. The number of hydrogen-bond acceptors (Lipinski definition) is 2. The Bertz CT molecular complexity index is 421. The number of likely N-dealkylation sites (N-methyl/N-ethyl adjacent to an activating group) is 1. The number of aryl methyl sites for hydroxylation is 1. The Morgan fingerprint density at radius 1 is 1.25 bits per heavy atom. The fourth-order valence-corrected chi connectivity index (χ4v) is 3.24. The fraction of sp³-hybridized carbons (Fsp3) is 0.667. The maximum Gasteiger partial charge on any atom is 0.123 e. The predicted molar refractivity (Wildman–Crippen MR) is 85.6 cm³/mol. The molecular formula is C18H29NO. The molecule has 1 aliphatic carbocycles. The topological polar surface area (TPSA) is 21.3 Å². The van der Waals surface area contributed by atoms with Crippen LogP contribution in [-0.4, -0.2) is 19.7 Å². The van der Waals surface area contributed by atoms with Gasteiger partial charge in [-0.3, -0.25) is 0 Å². The molecule has 2 nitrogen and oxygen atoms in total. The molecule has 1 aromatic carbocycles. The molecule has 1 fully saturated rings. The Morgan fingerprint density at radius 2 is 1.95 bits per heavy atom. The van der Waals surface area contributed by atoms with E-state index >= 15 is 0 Å². The Labute approximate surface area is 123 Å². The lowest BCUT2D eigenvalue weighted by Gasteiger charge is -2.24. The van der Waals surface area contributed by atoms with E-state index in [0.29, 0.717) is 12.0 Å². The van der Waals surface area contributed by atoms with Crippen molar-refractivity contribution < 1.29 is 4.74 Å². The van der Waals surface area contributed by atoms with Crippen molar-refractivity contribution in [2.75, 3.05) is 13.7 Å². The highest BCUT2D eigenvalue weighted by atomic mass is 16.5. The average Bonchev–Trinajstić information content (AvgIpc) is 2.93. The third kappa shape index (κ3) is 3.76. The summed E-state index contributed by atoms with van der Waals surface area (Å²) >= 11 is 0. The molecule has 112 valence electrons. The first kappa shape index (κ1) is 15.4. The molecule has 2 rings (SSSR count). The third-order valence-corrected chi connectivity index (χ3v) is 4.55. The van der Waals surface area contributed by atoms with Crippen LogP contribution in [0.4, 0.5) is 0 Å². The van der Waals surface area contributed by atoms with Crippen LogP contribution in [0.15, 0.2) is 18.2 Å². The first-order valence-corrected chi connectivity index (χ1v) is 8.02. The molecule has 1 atom stereocenters. The molecular weight excluding hydrogens is 246 g/mol. The van der Waals surface area contributed by atoms with Gasteiger partial charge in [0, 0.05) is 6.04 Å². The first-order valence-electron chi connectivity index (χ1n) is 8.02. The summed E-state index contributed by atoms with van der Waals surface area (Å²) < 4.78 is 6.18. The molecule has 1 unspecified atom stereocenters. The van der Waals surface area contributed by atoms with Gasteiger partial charge in [0.2, 0.25) is 0 Å². The molecule has 0 spiro atoms. The summed E-state index contributed by atoms with van der Waals surface area (Å²) in [7, 11) is 2.06. The first-order chi connectivity index (χ1) is 9.61. The van der Waals surface area contributed by atoms with Crippen LogP contribution in [-0.2, 0) is 0 Å². The summed E-state index contributed by atoms with van der Waals surface area (Å²) in [6.45, 7) is 7.36. The van der Waals surface area contributed by atoms with E-state index in [0.717, 1.165) is 18.3 Å². The van der Waals surface area contributed by atoms with Gasteiger partial charge >= 0.3 is 0 Å². The van der Waals surface area contributed by atoms with E-state index < -0.39 is 0 Å². The van der Waals surface area contributed by atoms with E-state index in [1.165, 1.54) is 36.8 Å². The van der Waals surface area contributed by atoms with Gasteiger partial charge in [0.05, 0.1) is 0 Å². The highest BCUT2D eigenvalue weighted by molar-refractivity contribution is 5.39. The quantitative estimate of drug-likeness (QED) is 0.837. The molecule has 1 aromatic rings. The minimum Gasteiger partial charge on any atom is -0.492 e. The van der Waals surface area contributed by atoms with Crippen LogP contribution in [0.2, 0.25) is 0 Å². The second kappa shape index (κ2) is 7.12. The molecule has 2 heteroatoms. The standard InChI is InChI=1S/C18H29NO/c1-13(2)16-10-9-14(3)11-18(16)20-12-17(19-4)15-7-5-6-8-15/h9-11,13,15,17,19H,5-8,12H2,1-4H3. The van der Waals surface area contributed by atoms with Gasteiger partial charge < -0.3 is 10.1 Å². The zero-order chi connectivity index (χ0) is 14.5. The molecule has 1 aliphatic rings. The van der Waals surface area contributed by atoms with Gasteiger partial charge in [-0.1, -0.05) is 38.8 Å². The van der Waals surface area contributed by atoms with Crippen LogP contribution < -0.4 is 10.1 Å². The summed E-state index contributed by atoms with van der Waals surface area (Å²) in [4.78, 5) is 0. The molecule has 0 aromatic heterocycles. The van der Waals surface area contributed by atoms with E-state index in [-0.39, 0.29) is 0 Å². The smallest absolute Gasteiger partial charge is 0.123 e. The van der Waals surface area contributed by atoms with E-state index in [9.17, 15) is 0 Å². The van der Waals surface area contributed by atoms with Gasteiger partial charge in [0.15, 0.2) is 0 Å². The molecule has 1 N–H and O–H groups in total. The van der Waals surface area contributed by atoms with Crippen LogP contribution in [0.25, 0.3) is 0 Å². The van der Waals surface area contributed by atoms with Crippen LogP contribution in [0.3, 0.4) is 0 Å². The summed E-state index contributed by atoms with van der Waals surface area (Å²) in [5.41, 5.74) is 2.59. The van der Waals surface area contributed by atoms with E-state index in [4.69, 9.17) is 4.74 Å². The zero-order valence-corrected chi connectivity index (χ0v) is 13.4. The second-order valence-corrected chi connectivity index (χ2v) is 6.45. The summed E-state index contributed by atoms with van der Waals surface area (Å²) in [5.74, 6) is 2.36. The molecule has 0 amide bonds. The maximum absolute atomic E-state index is 6.18. The number of hydrogen-bond donors (Lipinski definition) is 1. The summed E-state index contributed by atoms with van der Waals surface area (Å²) in [5, 5.41) is 3.45. The summed E-state index contributed by atoms with van der Waals surface area (Å²) in [6, 6.07) is 7.04. The SMILES string of the molecule is CNC(COc1cc(C)ccc1C(C)C)C1CCCC1. The number of ether oxygens (including phenoxy) is 1. The average molecular weight is 275 g/mol. The van der Waals surface area contributed by atoms with Crippen molar-refractivity contribution in [1.29, 1.82) is 0 Å². The van der Waals surface area contributed by atoms with Crippen LogP contribution in [0, 0.1) is 12.8 Å². The van der Waals surface area contributed by atoms with Gasteiger partial charge in [-0.2, -0.15) is 0 Å². The van der Waals surface area contributed by atoms with Crippen LogP contribution >= 0.6 is 0 Å². The lowest BCUT2D eigenvalue weighted by atomic mass is 9.98. The monoisotopic (exact) mass is 275 g/mol. The highest BCUT2D eigenvalue weighted by Crippen LogP contribution is 2.30. The van der Waals surface area contributed by atoms with Gasteiger partial charge in [0.25, 0.3) is 0 Å². The van der Waals surface area contributed by atoms with Crippen LogP contribution in [0.5, 0.6) is 5.75 Å². The Balaban J connectivity index is 2.03. The molecule has 0 saturated heterocycles. The Hall–Kier alpha value is -1.02. The minimum absolute atomic E-state index is 0.484. The normalized spacial score (nSPS) is 17.6. The number of rotatable bonds is 6. The lowest BCUT2D eigenvalue weighted by molar-refractivity contribution is 0.223. The van der Waals surface area contributed by atoms with Crippen LogP contribution in [0.1, 0.15) is 56.6 Å². The third-order valence-electron chi connectivity index (χ3n) is 4.55. The van der Waals surface area contributed by atoms with Crippen molar-refractivity contribution in [1.82, 2.24) is 5.32 Å². The van der Waals surface area contributed by atoms with Gasteiger partial charge in [0.1, 0.15) is 12.4 Å². The highest BCUT2D eigenvalue weighted by Gasteiger charge is 2.24. The minimum atomic E-state index is 0.484. The summed E-state index contributed by atoms with van der Waals surface area (Å²) in [6.07, 6.45) is 5.45. The van der Waals surface area contributed by atoms with Gasteiger partial charge in [-0.05, 0) is 55.8 Å². The van der Waals surface area contributed by atoms with Crippen molar-refractivity contribution in [3.8, 4) is 5.75 Å². The maximum atomic E-state index is 6.18. The predicted octanol–water partition coefficient (Wildman–Crippen LogP) is 4.28. The fourth-order valence-electron chi connectivity index (χ4n) is 3.24. The number of nitrogens with one attached hydrogen (secondary N) is 1. The van der Waals surface area contributed by atoms with Crippen molar-refractivity contribution >= 4 is 0 Å². The zero-order valence-electron chi connectivity index (χ0n) is 13.4. The molecule has 0 heterocycles. The van der Waals surface area contributed by atoms with E-state index in [1.54, 1.807) is 0 Å². The van der Waals surface area contributed by atoms with Crippen molar-refractivity contribution in [3.05, 3.63) is 29.3 Å². The number of benzene rings is 1. The largest absolute Gasteiger partial charge is 0.492 e. The van der Waals surface area contributed by atoms with Crippen molar-refractivity contribution in [2.24, 2.45) is 5.92 Å². The lowest BCUT2D eigenvalue weighted by Crippen LogP contribution is -2.37. The molecule has 0 bridgehead atoms. The van der Waals surface area contributed by atoms with Crippen molar-refractivity contribution in [3.63, 3.8) is 0 Å². The van der Waals surface area contributed by atoms with E-state index in [1.807, 2.05) is 0 Å². The molecule has 1 saturated carbocycles. The molecule has 0 radical (unpaired) electrons. The second-order valence-electron chi connectivity index (χ2n) is 6.45. The Kier molecular flexibility index (Phi) is 5.47. The van der Waals surface area contributed by atoms with E-state index in [2.05, 4.69) is 51.3 Å².